The molecule has 0 aliphatic rings. The lowest BCUT2D eigenvalue weighted by molar-refractivity contribution is -0.289. The highest BCUT2D eigenvalue weighted by Crippen LogP contribution is 2.48. The Kier molecular flexibility index (Phi) is 3.73. The van der Waals surface area contributed by atoms with E-state index >= 15 is 0 Å². The topological polar surface area (TPSA) is 0 Å². The first-order chi connectivity index (χ1) is 10.3. The van der Waals surface area contributed by atoms with Crippen molar-refractivity contribution in [3.05, 3.63) is 46.5 Å². The van der Waals surface area contributed by atoms with Crippen molar-refractivity contribution in [1.82, 2.24) is 0 Å². The summed E-state index contributed by atoms with van der Waals surface area (Å²) in [5.74, 6) is -22.0. The van der Waals surface area contributed by atoms with Gasteiger partial charge in [0.1, 0.15) is 0 Å². The van der Waals surface area contributed by atoms with E-state index in [2.05, 4.69) is 0 Å². The van der Waals surface area contributed by atoms with Gasteiger partial charge in [-0.15, -0.1) is 0 Å². The van der Waals surface area contributed by atoms with Crippen molar-refractivity contribution in [2.75, 3.05) is 0 Å². The Morgan fingerprint density at radius 2 is 1.09 bits per heavy atom. The number of fused-ring (bicyclic) bond motifs is 1. The van der Waals surface area contributed by atoms with Crippen molar-refractivity contribution in [2.45, 2.75) is 12.1 Å². The molecule has 0 nitrogen and oxygen atoms in total. The summed E-state index contributed by atoms with van der Waals surface area (Å²) in [5, 5.41) is -4.05. The number of rotatable bonds is 1. The van der Waals surface area contributed by atoms with Crippen molar-refractivity contribution in [1.29, 1.82) is 0 Å². The third kappa shape index (κ3) is 2.29. The minimum Gasteiger partial charge on any atom is -0.204 e. The van der Waals surface area contributed by atoms with Crippen LogP contribution in [0.2, 0.25) is 0 Å². The van der Waals surface area contributed by atoms with Crippen LogP contribution in [-0.2, 0) is 5.92 Å². The van der Waals surface area contributed by atoms with E-state index in [9.17, 15) is 48.3 Å². The molecule has 0 aliphatic carbocycles. The molecular formula is C12HF11. The predicted octanol–water partition coefficient (Wildman–Crippen LogP) is 5.33. The van der Waals surface area contributed by atoms with Crippen LogP contribution in [0.4, 0.5) is 48.3 Å². The van der Waals surface area contributed by atoms with Gasteiger partial charge in [0.05, 0.1) is 5.56 Å². The zero-order chi connectivity index (χ0) is 17.9. The van der Waals surface area contributed by atoms with E-state index in [1.807, 2.05) is 0 Å². The third-order valence-corrected chi connectivity index (χ3v) is 2.92. The van der Waals surface area contributed by atoms with E-state index in [0.717, 1.165) is 0 Å². The predicted molar refractivity (Wildman–Crippen MR) is 53.6 cm³/mol. The number of hydrogen-bond acceptors (Lipinski definition) is 0. The highest BCUT2D eigenvalue weighted by atomic mass is 19.4. The number of hydrogen-bond donors (Lipinski definition) is 0. The van der Waals surface area contributed by atoms with Crippen molar-refractivity contribution in [3.63, 3.8) is 0 Å². The molecule has 2 aromatic carbocycles. The molecule has 0 amide bonds. The summed E-state index contributed by atoms with van der Waals surface area (Å²) in [7, 11) is 0. The Morgan fingerprint density at radius 1 is 0.609 bits per heavy atom. The maximum absolute atomic E-state index is 13.6. The van der Waals surface area contributed by atoms with Gasteiger partial charge in [0, 0.05) is 10.8 Å². The van der Waals surface area contributed by atoms with Crippen LogP contribution in [0.15, 0.2) is 6.07 Å². The summed E-state index contributed by atoms with van der Waals surface area (Å²) in [6.07, 6.45) is -6.54. The summed E-state index contributed by atoms with van der Waals surface area (Å²) in [5.41, 5.74) is -2.98. The molecule has 0 heterocycles. The fraction of sp³-hybridized carbons (Fsp3) is 0.167. The molecule has 0 radical (unpaired) electrons. The second-order valence-electron chi connectivity index (χ2n) is 4.30. The second kappa shape index (κ2) is 4.96. The lowest BCUT2D eigenvalue weighted by atomic mass is 9.96. The maximum atomic E-state index is 13.6. The molecule has 11 heteroatoms. The normalized spacial score (nSPS) is 13.0. The fourth-order valence-electron chi connectivity index (χ4n) is 1.88. The van der Waals surface area contributed by atoms with Gasteiger partial charge in [0.25, 0.3) is 0 Å². The molecule has 0 N–H and O–H groups in total. The van der Waals surface area contributed by atoms with Gasteiger partial charge in [-0.2, -0.15) is 22.0 Å². The molecule has 2 rings (SSSR count). The second-order valence-corrected chi connectivity index (χ2v) is 4.30. The monoisotopic (exact) mass is 354 g/mol. The van der Waals surface area contributed by atoms with Crippen molar-refractivity contribution < 1.29 is 48.3 Å². The number of benzene rings is 2. The lowest BCUT2D eigenvalue weighted by Gasteiger charge is -2.22. The summed E-state index contributed by atoms with van der Waals surface area (Å²) >= 11 is 0. The van der Waals surface area contributed by atoms with E-state index in [0.29, 0.717) is 0 Å². The maximum Gasteiger partial charge on any atom is 0.458 e. The molecule has 0 atom stereocenters. The minimum absolute atomic E-state index is 0.360. The highest BCUT2D eigenvalue weighted by Gasteiger charge is 2.61. The highest BCUT2D eigenvalue weighted by molar-refractivity contribution is 5.88. The Labute approximate surface area is 119 Å². The Balaban J connectivity index is 3.15. The molecule has 0 aliphatic heterocycles. The first-order valence-corrected chi connectivity index (χ1v) is 5.41. The largest absolute Gasteiger partial charge is 0.458 e. The zero-order valence-corrected chi connectivity index (χ0v) is 10.2. The van der Waals surface area contributed by atoms with Crippen LogP contribution in [0.1, 0.15) is 5.56 Å². The molecule has 0 saturated heterocycles. The van der Waals surface area contributed by atoms with Crippen LogP contribution in [0.3, 0.4) is 0 Å². The van der Waals surface area contributed by atoms with Crippen LogP contribution < -0.4 is 0 Å². The standard InChI is InChI=1S/C12HF11/c13-3-1-2-4(8(16)10(18)9(17)6(2)14)5(7(3)15)11(19,20)12(21,22)23/h1H. The average Bonchev–Trinajstić information content (AvgIpc) is 2.43. The minimum atomic E-state index is -6.54. The number of halogens is 11. The summed E-state index contributed by atoms with van der Waals surface area (Å²) in [6, 6.07) is -0.360. The van der Waals surface area contributed by atoms with Gasteiger partial charge in [-0.1, -0.05) is 0 Å². The lowest BCUT2D eigenvalue weighted by Crippen LogP contribution is -2.35. The van der Waals surface area contributed by atoms with Gasteiger partial charge in [-0.25, -0.2) is 26.3 Å². The first kappa shape index (κ1) is 17.3. The van der Waals surface area contributed by atoms with Crippen LogP contribution in [0.5, 0.6) is 0 Å². The summed E-state index contributed by atoms with van der Waals surface area (Å²) < 4.78 is 143. The molecule has 0 unspecified atom stereocenters. The van der Waals surface area contributed by atoms with E-state index in [1.165, 1.54) is 0 Å². The molecule has 0 aromatic heterocycles. The molecule has 0 fully saturated rings. The van der Waals surface area contributed by atoms with Crippen molar-refractivity contribution in [2.24, 2.45) is 0 Å². The molecule has 23 heavy (non-hydrogen) atoms. The van der Waals surface area contributed by atoms with E-state index < -0.39 is 63.3 Å². The molecule has 0 saturated carbocycles. The van der Waals surface area contributed by atoms with Gasteiger partial charge >= 0.3 is 12.1 Å². The van der Waals surface area contributed by atoms with Crippen molar-refractivity contribution >= 4 is 10.8 Å². The van der Waals surface area contributed by atoms with E-state index in [-0.39, 0.29) is 6.07 Å². The molecule has 0 spiro atoms. The molecule has 0 bridgehead atoms. The number of alkyl halides is 5. The van der Waals surface area contributed by atoms with Gasteiger partial charge in [0.15, 0.2) is 34.9 Å². The Hall–Kier alpha value is -2.07. The Bertz CT molecular complexity index is 803. The SMILES string of the molecule is Fc1cc2c(F)c(F)c(F)c(F)c2c(C(F)(F)C(F)(F)F)c1F. The molecular weight excluding hydrogens is 353 g/mol. The van der Waals surface area contributed by atoms with Crippen LogP contribution in [0, 0.1) is 34.9 Å². The van der Waals surface area contributed by atoms with Crippen LogP contribution in [-0.4, -0.2) is 6.18 Å². The molecule has 2 aromatic rings. The fourth-order valence-corrected chi connectivity index (χ4v) is 1.88. The smallest absolute Gasteiger partial charge is 0.204 e. The van der Waals surface area contributed by atoms with Crippen molar-refractivity contribution in [3.8, 4) is 0 Å². The average molecular weight is 354 g/mol. The van der Waals surface area contributed by atoms with Gasteiger partial charge in [-0.05, 0) is 6.07 Å². The first-order valence-electron chi connectivity index (χ1n) is 5.41. The van der Waals surface area contributed by atoms with E-state index in [4.69, 9.17) is 0 Å². The van der Waals surface area contributed by atoms with Crippen LogP contribution >= 0.6 is 0 Å². The third-order valence-electron chi connectivity index (χ3n) is 2.92. The summed E-state index contributed by atoms with van der Waals surface area (Å²) in [4.78, 5) is 0. The molecule has 126 valence electrons. The quantitative estimate of drug-likeness (QED) is 0.369. The van der Waals surface area contributed by atoms with Gasteiger partial charge in [0.2, 0.25) is 0 Å². The Morgan fingerprint density at radius 3 is 1.57 bits per heavy atom. The van der Waals surface area contributed by atoms with Crippen LogP contribution in [0.25, 0.3) is 10.8 Å². The van der Waals surface area contributed by atoms with Gasteiger partial charge in [-0.3, -0.25) is 0 Å². The van der Waals surface area contributed by atoms with E-state index in [1.54, 1.807) is 0 Å². The van der Waals surface area contributed by atoms with Gasteiger partial charge < -0.3 is 0 Å². The summed E-state index contributed by atoms with van der Waals surface area (Å²) in [6.45, 7) is 0. The zero-order valence-electron chi connectivity index (χ0n) is 10.2.